The van der Waals surface area contributed by atoms with Gasteiger partial charge < -0.3 is 5.32 Å². The first-order chi connectivity index (χ1) is 8.63. The van der Waals surface area contributed by atoms with Crippen LogP contribution in [-0.2, 0) is 0 Å². The zero-order valence-corrected chi connectivity index (χ0v) is 10.5. The third kappa shape index (κ3) is 2.35. The molecule has 0 aliphatic rings. The van der Waals surface area contributed by atoms with Crippen LogP contribution in [0.3, 0.4) is 0 Å². The third-order valence-electron chi connectivity index (χ3n) is 2.20. The van der Waals surface area contributed by atoms with Crippen LogP contribution in [0.1, 0.15) is 15.9 Å². The fourth-order valence-electron chi connectivity index (χ4n) is 1.37. The highest BCUT2D eigenvalue weighted by Crippen LogP contribution is 2.25. The highest BCUT2D eigenvalue weighted by Gasteiger charge is 2.17. The molecule has 1 heterocycles. The monoisotopic (exact) mass is 280 g/mol. The number of carbonyl (C=O) groups is 1. The molecule has 0 radical (unpaired) electrons. The highest BCUT2D eigenvalue weighted by molar-refractivity contribution is 7.14. The van der Waals surface area contributed by atoms with Crippen molar-refractivity contribution >= 4 is 33.8 Å². The fourth-order valence-corrected chi connectivity index (χ4v) is 2.36. The van der Waals surface area contributed by atoms with Crippen LogP contribution < -0.4 is 5.32 Å². The largest absolute Gasteiger partial charge is 0.312 e. The number of rotatable bonds is 2. The van der Waals surface area contributed by atoms with Crippen LogP contribution in [0, 0.1) is 17.1 Å². The number of nitrogens with one attached hydrogen (secondary N) is 1. The van der Waals surface area contributed by atoms with Crippen LogP contribution in [0.2, 0.25) is 5.02 Å². The minimum Gasteiger partial charge on any atom is -0.312 e. The molecule has 2 aromatic rings. The first kappa shape index (κ1) is 12.6. The van der Waals surface area contributed by atoms with E-state index in [0.29, 0.717) is 10.6 Å². The summed E-state index contributed by atoms with van der Waals surface area (Å²) in [5.74, 6) is -1.37. The number of anilines is 1. The number of hydrogen-bond acceptors (Lipinski definition) is 3. The third-order valence-corrected chi connectivity index (χ3v) is 3.35. The number of benzene rings is 1. The molecule has 0 saturated heterocycles. The van der Waals surface area contributed by atoms with Crippen molar-refractivity contribution in [3.8, 4) is 6.07 Å². The average molecular weight is 281 g/mol. The molecule has 0 spiro atoms. The van der Waals surface area contributed by atoms with Crippen molar-refractivity contribution < 1.29 is 9.18 Å². The van der Waals surface area contributed by atoms with E-state index in [2.05, 4.69) is 5.32 Å². The van der Waals surface area contributed by atoms with Crippen molar-refractivity contribution in [2.24, 2.45) is 0 Å². The number of hydrogen-bond donors (Lipinski definition) is 1. The molecule has 18 heavy (non-hydrogen) atoms. The Balaban J connectivity index is 2.31. The van der Waals surface area contributed by atoms with E-state index in [0.717, 1.165) is 6.07 Å². The van der Waals surface area contributed by atoms with Gasteiger partial charge in [0.05, 0.1) is 16.1 Å². The Morgan fingerprint density at radius 2 is 2.22 bits per heavy atom. The molecule has 1 aromatic carbocycles. The van der Waals surface area contributed by atoms with Gasteiger partial charge in [0.2, 0.25) is 0 Å². The van der Waals surface area contributed by atoms with Crippen LogP contribution in [0.25, 0.3) is 0 Å². The molecule has 2 rings (SSSR count). The van der Waals surface area contributed by atoms with Gasteiger partial charge in [-0.2, -0.15) is 5.26 Å². The normalized spacial score (nSPS) is 9.83. The van der Waals surface area contributed by atoms with Gasteiger partial charge in [0, 0.05) is 0 Å². The summed E-state index contributed by atoms with van der Waals surface area (Å²) in [6.45, 7) is 0. The molecule has 1 aromatic heterocycles. The Bertz CT molecular complexity index is 628. The Morgan fingerprint density at radius 3 is 2.89 bits per heavy atom. The van der Waals surface area contributed by atoms with Gasteiger partial charge in [0.15, 0.2) is 0 Å². The van der Waals surface area contributed by atoms with E-state index < -0.39 is 11.7 Å². The summed E-state index contributed by atoms with van der Waals surface area (Å²) in [6, 6.07) is 7.50. The molecule has 0 aliphatic heterocycles. The number of thiophene rings is 1. The maximum absolute atomic E-state index is 13.5. The quantitative estimate of drug-likeness (QED) is 0.912. The lowest BCUT2D eigenvalue weighted by Crippen LogP contribution is -2.14. The molecule has 0 unspecified atom stereocenters. The summed E-state index contributed by atoms with van der Waals surface area (Å²) in [7, 11) is 0. The van der Waals surface area contributed by atoms with Gasteiger partial charge in [0.25, 0.3) is 5.91 Å². The second kappa shape index (κ2) is 5.17. The van der Waals surface area contributed by atoms with Gasteiger partial charge in [-0.05, 0) is 23.6 Å². The molecular formula is C12H6ClFN2OS. The molecule has 3 nitrogen and oxygen atoms in total. The highest BCUT2D eigenvalue weighted by atomic mass is 35.5. The van der Waals surface area contributed by atoms with Crippen molar-refractivity contribution in [1.29, 1.82) is 5.26 Å². The van der Waals surface area contributed by atoms with E-state index >= 15 is 0 Å². The Labute approximate surface area is 111 Å². The van der Waals surface area contributed by atoms with Crippen molar-refractivity contribution in [2.45, 2.75) is 0 Å². The molecule has 0 fully saturated rings. The minimum absolute atomic E-state index is 0.0302. The first-order valence-electron chi connectivity index (χ1n) is 4.86. The Morgan fingerprint density at radius 1 is 1.44 bits per heavy atom. The standard InChI is InChI=1S/C12H6ClFN2OS/c13-8-2-1-3-9(14)10(8)11(17)16-12-7(6-15)4-5-18-12/h1-5H,(H,16,17). The van der Waals surface area contributed by atoms with Gasteiger partial charge in [-0.3, -0.25) is 4.79 Å². The summed E-state index contributed by atoms with van der Waals surface area (Å²) in [4.78, 5) is 11.9. The number of carbonyl (C=O) groups excluding carboxylic acids is 1. The lowest BCUT2D eigenvalue weighted by molar-refractivity contribution is 0.102. The molecular weight excluding hydrogens is 275 g/mol. The molecule has 90 valence electrons. The van der Waals surface area contributed by atoms with Gasteiger partial charge >= 0.3 is 0 Å². The van der Waals surface area contributed by atoms with Crippen LogP contribution >= 0.6 is 22.9 Å². The minimum atomic E-state index is -0.699. The van der Waals surface area contributed by atoms with Crippen LogP contribution in [0.15, 0.2) is 29.6 Å². The number of amides is 1. The van der Waals surface area contributed by atoms with Gasteiger partial charge in [-0.15, -0.1) is 11.3 Å². The molecule has 1 N–H and O–H groups in total. The van der Waals surface area contributed by atoms with Gasteiger partial charge in [-0.1, -0.05) is 17.7 Å². The second-order valence-electron chi connectivity index (χ2n) is 3.33. The van der Waals surface area contributed by atoms with Gasteiger partial charge in [-0.25, -0.2) is 4.39 Å². The maximum Gasteiger partial charge on any atom is 0.260 e. The summed E-state index contributed by atoms with van der Waals surface area (Å²) in [6.07, 6.45) is 0. The molecule has 6 heteroatoms. The van der Waals surface area contributed by atoms with E-state index in [-0.39, 0.29) is 10.6 Å². The van der Waals surface area contributed by atoms with Crippen LogP contribution in [-0.4, -0.2) is 5.91 Å². The van der Waals surface area contributed by atoms with E-state index in [4.69, 9.17) is 16.9 Å². The number of nitrogens with zero attached hydrogens (tertiary/aromatic N) is 1. The average Bonchev–Trinajstić information content (AvgIpc) is 2.76. The lowest BCUT2D eigenvalue weighted by Gasteiger charge is -2.06. The predicted octanol–water partition coefficient (Wildman–Crippen LogP) is 3.66. The van der Waals surface area contributed by atoms with Crippen LogP contribution in [0.4, 0.5) is 9.39 Å². The summed E-state index contributed by atoms with van der Waals surface area (Å²) < 4.78 is 13.5. The number of nitriles is 1. The van der Waals surface area contributed by atoms with Crippen molar-refractivity contribution in [1.82, 2.24) is 0 Å². The van der Waals surface area contributed by atoms with E-state index in [9.17, 15) is 9.18 Å². The van der Waals surface area contributed by atoms with E-state index in [1.54, 1.807) is 11.4 Å². The van der Waals surface area contributed by atoms with Gasteiger partial charge in [0.1, 0.15) is 16.9 Å². The summed E-state index contributed by atoms with van der Waals surface area (Å²) in [5, 5.41) is 13.3. The Hall–Kier alpha value is -1.90. The number of halogens is 2. The molecule has 0 bridgehead atoms. The molecule has 0 saturated carbocycles. The zero-order valence-electron chi connectivity index (χ0n) is 8.91. The lowest BCUT2D eigenvalue weighted by atomic mass is 10.2. The smallest absolute Gasteiger partial charge is 0.260 e. The molecule has 0 aliphatic carbocycles. The molecule has 0 atom stereocenters. The van der Waals surface area contributed by atoms with Crippen molar-refractivity contribution in [3.05, 3.63) is 51.6 Å². The fraction of sp³-hybridized carbons (Fsp3) is 0. The van der Waals surface area contributed by atoms with E-state index in [1.807, 2.05) is 6.07 Å². The van der Waals surface area contributed by atoms with Crippen molar-refractivity contribution in [3.63, 3.8) is 0 Å². The Kier molecular flexibility index (Phi) is 3.60. The van der Waals surface area contributed by atoms with Crippen LogP contribution in [0.5, 0.6) is 0 Å². The zero-order chi connectivity index (χ0) is 13.1. The SMILES string of the molecule is N#Cc1ccsc1NC(=O)c1c(F)cccc1Cl. The van der Waals surface area contributed by atoms with Crippen molar-refractivity contribution in [2.75, 3.05) is 5.32 Å². The maximum atomic E-state index is 13.5. The molecule has 1 amide bonds. The predicted molar refractivity (Wildman–Crippen MR) is 68.4 cm³/mol. The first-order valence-corrected chi connectivity index (χ1v) is 6.12. The summed E-state index contributed by atoms with van der Waals surface area (Å²) in [5.41, 5.74) is 0.109. The second-order valence-corrected chi connectivity index (χ2v) is 4.65. The van der Waals surface area contributed by atoms with E-state index in [1.165, 1.54) is 23.5 Å². The topological polar surface area (TPSA) is 52.9 Å². The summed E-state index contributed by atoms with van der Waals surface area (Å²) >= 11 is 6.96.